The molecule has 0 radical (unpaired) electrons. The zero-order valence-corrected chi connectivity index (χ0v) is 16.8. The molecule has 2 N–H and O–H groups in total. The lowest BCUT2D eigenvalue weighted by Gasteiger charge is -2.52. The van der Waals surface area contributed by atoms with Gasteiger partial charge >= 0.3 is 0 Å². The van der Waals surface area contributed by atoms with E-state index in [1.807, 2.05) is 0 Å². The van der Waals surface area contributed by atoms with E-state index < -0.39 is 27.5 Å². The average molecular weight is 424 g/mol. The van der Waals surface area contributed by atoms with Gasteiger partial charge in [0.05, 0.1) is 5.75 Å². The van der Waals surface area contributed by atoms with Gasteiger partial charge < -0.3 is 5.32 Å². The summed E-state index contributed by atoms with van der Waals surface area (Å²) >= 11 is 0. The number of sulfonamides is 1. The molecule has 3 aliphatic rings. The second-order valence-corrected chi connectivity index (χ2v) is 9.93. The van der Waals surface area contributed by atoms with Gasteiger partial charge in [-0.2, -0.15) is 0 Å². The summed E-state index contributed by atoms with van der Waals surface area (Å²) in [6.07, 6.45) is 2.08. The van der Waals surface area contributed by atoms with Gasteiger partial charge in [0.2, 0.25) is 10.0 Å². The van der Waals surface area contributed by atoms with Crippen LogP contribution in [0.15, 0.2) is 36.4 Å². The Morgan fingerprint density at radius 1 is 1.10 bits per heavy atom. The summed E-state index contributed by atoms with van der Waals surface area (Å²) in [5, 5.41) is 3.42. The first-order valence-electron chi connectivity index (χ1n) is 9.75. The van der Waals surface area contributed by atoms with Gasteiger partial charge in [-0.3, -0.25) is 0 Å². The second-order valence-electron chi connectivity index (χ2n) is 7.89. The topological polar surface area (TPSA) is 58.2 Å². The standard InChI is InChI=1S/C21H23F3N2O2S/c1-2-29(27,28)26-21-14-8-17(9-14)25-19(21)10-12-4-3-5-18(20(12)24)13-6-15(22)11-16(23)7-13/h3-7,11,14,17,19,21,25-26H,2,8-10H2,1H3. The Balaban J connectivity index is 1.62. The zero-order valence-electron chi connectivity index (χ0n) is 16.0. The van der Waals surface area contributed by atoms with Crippen LogP contribution in [0, 0.1) is 23.4 Å². The molecule has 2 atom stereocenters. The largest absolute Gasteiger partial charge is 0.309 e. The van der Waals surface area contributed by atoms with Crippen molar-refractivity contribution in [1.29, 1.82) is 0 Å². The van der Waals surface area contributed by atoms with Gasteiger partial charge in [-0.1, -0.05) is 18.2 Å². The number of fused-ring (bicyclic) bond motifs is 2. The van der Waals surface area contributed by atoms with Gasteiger partial charge in [0.15, 0.2) is 0 Å². The van der Waals surface area contributed by atoms with Gasteiger partial charge in [-0.25, -0.2) is 26.3 Å². The number of nitrogens with one attached hydrogen (secondary N) is 2. The van der Waals surface area contributed by atoms with Crippen molar-refractivity contribution in [2.45, 2.75) is 44.3 Å². The Morgan fingerprint density at radius 2 is 1.79 bits per heavy atom. The minimum Gasteiger partial charge on any atom is -0.309 e. The van der Waals surface area contributed by atoms with Crippen LogP contribution in [0.3, 0.4) is 0 Å². The highest BCUT2D eigenvalue weighted by atomic mass is 32.2. The zero-order chi connectivity index (χ0) is 20.8. The molecular weight excluding hydrogens is 401 g/mol. The van der Waals surface area contributed by atoms with E-state index in [0.29, 0.717) is 11.6 Å². The molecule has 4 nitrogen and oxygen atoms in total. The molecule has 2 bridgehead atoms. The predicted octanol–water partition coefficient (Wildman–Crippen LogP) is 3.37. The summed E-state index contributed by atoms with van der Waals surface area (Å²) in [6.45, 7) is 1.58. The van der Waals surface area contributed by atoms with Crippen molar-refractivity contribution in [2.24, 2.45) is 5.92 Å². The van der Waals surface area contributed by atoms with Crippen LogP contribution in [-0.2, 0) is 16.4 Å². The molecular formula is C21H23F3N2O2S. The van der Waals surface area contributed by atoms with Gasteiger partial charge in [0.1, 0.15) is 17.5 Å². The van der Waals surface area contributed by atoms with Crippen molar-refractivity contribution in [3.8, 4) is 11.1 Å². The van der Waals surface area contributed by atoms with Gasteiger partial charge in [0.25, 0.3) is 0 Å². The fraction of sp³-hybridized carbons (Fsp3) is 0.429. The summed E-state index contributed by atoms with van der Waals surface area (Å²) in [5.74, 6) is -1.87. The first-order chi connectivity index (χ1) is 13.8. The Hall–Kier alpha value is -1.90. The third-order valence-corrected chi connectivity index (χ3v) is 7.34. The molecule has 2 heterocycles. The molecule has 5 rings (SSSR count). The van der Waals surface area contributed by atoms with Crippen LogP contribution < -0.4 is 10.0 Å². The molecule has 8 heteroatoms. The van der Waals surface area contributed by atoms with Crippen LogP contribution in [0.2, 0.25) is 0 Å². The minimum absolute atomic E-state index is 0.0125. The van der Waals surface area contributed by atoms with E-state index in [0.717, 1.165) is 31.0 Å². The van der Waals surface area contributed by atoms with Crippen LogP contribution in [-0.4, -0.2) is 32.3 Å². The quantitative estimate of drug-likeness (QED) is 0.748. The van der Waals surface area contributed by atoms with E-state index in [1.165, 1.54) is 6.07 Å². The van der Waals surface area contributed by atoms with Crippen LogP contribution in [0.1, 0.15) is 25.3 Å². The molecule has 2 aromatic rings. The molecule has 1 saturated carbocycles. The molecule has 0 amide bonds. The van der Waals surface area contributed by atoms with E-state index in [9.17, 15) is 17.2 Å². The van der Waals surface area contributed by atoms with Crippen molar-refractivity contribution in [3.05, 3.63) is 59.4 Å². The van der Waals surface area contributed by atoms with Crippen LogP contribution in [0.4, 0.5) is 13.2 Å². The van der Waals surface area contributed by atoms with Crippen molar-refractivity contribution in [3.63, 3.8) is 0 Å². The van der Waals surface area contributed by atoms with Crippen molar-refractivity contribution in [1.82, 2.24) is 10.0 Å². The second kappa shape index (κ2) is 7.74. The van der Waals surface area contributed by atoms with Crippen molar-refractivity contribution in [2.75, 3.05) is 5.75 Å². The smallest absolute Gasteiger partial charge is 0.211 e. The Bertz CT molecular complexity index is 1000. The maximum absolute atomic E-state index is 15.2. The lowest BCUT2D eigenvalue weighted by Crippen LogP contribution is -2.68. The number of benzene rings is 2. The summed E-state index contributed by atoms with van der Waals surface area (Å²) in [4.78, 5) is 0. The van der Waals surface area contributed by atoms with E-state index in [4.69, 9.17) is 0 Å². The molecule has 2 aliphatic heterocycles. The lowest BCUT2D eigenvalue weighted by molar-refractivity contribution is 0.0809. The van der Waals surface area contributed by atoms with E-state index in [1.54, 1.807) is 19.1 Å². The maximum atomic E-state index is 15.2. The first-order valence-corrected chi connectivity index (χ1v) is 11.4. The normalized spacial score (nSPS) is 26.2. The molecule has 1 aliphatic carbocycles. The average Bonchev–Trinajstić information content (AvgIpc) is 2.62. The van der Waals surface area contributed by atoms with Gasteiger partial charge in [-0.05, 0) is 55.4 Å². The van der Waals surface area contributed by atoms with Crippen LogP contribution in [0.25, 0.3) is 11.1 Å². The lowest BCUT2D eigenvalue weighted by atomic mass is 9.68. The number of halogens is 3. The minimum atomic E-state index is -3.39. The highest BCUT2D eigenvalue weighted by Gasteiger charge is 2.46. The molecule has 3 fully saturated rings. The summed E-state index contributed by atoms with van der Waals surface area (Å²) in [5.41, 5.74) is 0.628. The van der Waals surface area contributed by atoms with Gasteiger partial charge in [0, 0.05) is 29.8 Å². The third-order valence-electron chi connectivity index (χ3n) is 5.95. The molecule has 2 unspecified atom stereocenters. The Morgan fingerprint density at radius 3 is 2.45 bits per heavy atom. The molecule has 0 spiro atoms. The molecule has 156 valence electrons. The Kier molecular flexibility index (Phi) is 5.44. The fourth-order valence-electron chi connectivity index (χ4n) is 4.39. The van der Waals surface area contributed by atoms with Crippen LogP contribution in [0.5, 0.6) is 0 Å². The maximum Gasteiger partial charge on any atom is 0.211 e. The number of rotatable bonds is 6. The van der Waals surface area contributed by atoms with E-state index in [2.05, 4.69) is 10.0 Å². The molecule has 2 aromatic carbocycles. The molecule has 2 saturated heterocycles. The summed E-state index contributed by atoms with van der Waals surface area (Å²) < 4.78 is 69.3. The van der Waals surface area contributed by atoms with Crippen molar-refractivity contribution < 1.29 is 21.6 Å². The number of hydrogen-bond acceptors (Lipinski definition) is 3. The third kappa shape index (κ3) is 4.20. The number of hydrogen-bond donors (Lipinski definition) is 2. The molecule has 0 aromatic heterocycles. The van der Waals surface area contributed by atoms with Gasteiger partial charge in [-0.15, -0.1) is 0 Å². The van der Waals surface area contributed by atoms with Crippen molar-refractivity contribution >= 4 is 10.0 Å². The monoisotopic (exact) mass is 424 g/mol. The Labute approximate surface area is 168 Å². The predicted molar refractivity (Wildman–Crippen MR) is 105 cm³/mol. The van der Waals surface area contributed by atoms with Crippen LogP contribution >= 0.6 is 0 Å². The molecule has 29 heavy (non-hydrogen) atoms. The van der Waals surface area contributed by atoms with E-state index >= 15 is 4.39 Å². The first kappa shape index (κ1) is 20.4. The summed E-state index contributed by atoms with van der Waals surface area (Å²) in [7, 11) is -3.39. The fourth-order valence-corrected chi connectivity index (χ4v) is 5.33. The highest BCUT2D eigenvalue weighted by Crippen LogP contribution is 2.38. The number of piperidine rings is 2. The highest BCUT2D eigenvalue weighted by molar-refractivity contribution is 7.89. The summed E-state index contributed by atoms with van der Waals surface area (Å²) in [6, 6.07) is 7.45. The van der Waals surface area contributed by atoms with E-state index in [-0.39, 0.29) is 41.3 Å². The SMILES string of the molecule is CCS(=O)(=O)NC1C2CC(C2)NC1Cc1cccc(-c2cc(F)cc(F)c2)c1F.